The lowest BCUT2D eigenvalue weighted by Crippen LogP contribution is -2.35. The summed E-state index contributed by atoms with van der Waals surface area (Å²) in [7, 11) is 1.90. The van der Waals surface area contributed by atoms with Crippen LogP contribution < -0.4 is 10.6 Å². The van der Waals surface area contributed by atoms with E-state index in [4.69, 9.17) is 4.74 Å². The Kier molecular flexibility index (Phi) is 14.4. The third-order valence-electron chi connectivity index (χ3n) is 4.13. The average molecular weight is 363 g/mol. The summed E-state index contributed by atoms with van der Waals surface area (Å²) in [5.74, 6) is 0.381. The number of ether oxygens (including phenoxy) is 1. The predicted molar refractivity (Wildman–Crippen MR) is 112 cm³/mol. The van der Waals surface area contributed by atoms with Crippen LogP contribution >= 0.6 is 0 Å². The number of amides is 1. The highest BCUT2D eigenvalue weighted by molar-refractivity contribution is 5.68. The highest BCUT2D eigenvalue weighted by Crippen LogP contribution is 2.11. The van der Waals surface area contributed by atoms with Gasteiger partial charge in [-0.1, -0.05) is 68.4 Å². The van der Waals surface area contributed by atoms with E-state index in [2.05, 4.69) is 49.6 Å². The molecule has 0 bridgehead atoms. The Morgan fingerprint density at radius 1 is 1.12 bits per heavy atom. The maximum absolute atomic E-state index is 12.0. The Bertz CT molecular complexity index is 492. The molecular weight excluding hydrogens is 324 g/mol. The zero-order chi connectivity index (χ0) is 19.8. The summed E-state index contributed by atoms with van der Waals surface area (Å²) in [5.41, 5.74) is 1.31. The van der Waals surface area contributed by atoms with Crippen molar-refractivity contribution in [3.8, 4) is 0 Å². The van der Waals surface area contributed by atoms with Crippen LogP contribution in [0.1, 0.15) is 53.9 Å². The summed E-state index contributed by atoms with van der Waals surface area (Å²) in [6.45, 7) is 11.2. The van der Waals surface area contributed by atoms with Crippen molar-refractivity contribution >= 4 is 6.09 Å². The predicted octanol–water partition coefficient (Wildman–Crippen LogP) is 5.15. The maximum Gasteiger partial charge on any atom is 0.407 e. The highest BCUT2D eigenvalue weighted by atomic mass is 16.6. The van der Waals surface area contributed by atoms with E-state index in [1.54, 1.807) is 0 Å². The molecule has 4 heteroatoms. The van der Waals surface area contributed by atoms with Crippen LogP contribution in [0.15, 0.2) is 48.1 Å². The Morgan fingerprint density at radius 3 is 2.42 bits per heavy atom. The first-order chi connectivity index (χ1) is 12.4. The molecule has 0 radical (unpaired) electrons. The van der Waals surface area contributed by atoms with Crippen LogP contribution in [0.2, 0.25) is 0 Å². The van der Waals surface area contributed by atoms with Gasteiger partial charge in [-0.05, 0) is 53.1 Å². The van der Waals surface area contributed by atoms with Gasteiger partial charge in [0.05, 0.1) is 0 Å². The summed E-state index contributed by atoms with van der Waals surface area (Å²) >= 11 is 0. The molecule has 0 spiro atoms. The van der Waals surface area contributed by atoms with Crippen LogP contribution in [0.5, 0.6) is 0 Å². The fourth-order valence-electron chi connectivity index (χ4n) is 2.32. The zero-order valence-corrected chi connectivity index (χ0v) is 17.4. The quantitative estimate of drug-likeness (QED) is 0.472. The fourth-order valence-corrected chi connectivity index (χ4v) is 2.32. The second-order valence-corrected chi connectivity index (χ2v) is 6.64. The number of carbonyl (C=O) groups is 1. The topological polar surface area (TPSA) is 50.4 Å². The van der Waals surface area contributed by atoms with Crippen molar-refractivity contribution in [3.63, 3.8) is 0 Å². The second kappa shape index (κ2) is 15.4. The van der Waals surface area contributed by atoms with Gasteiger partial charge in [-0.2, -0.15) is 0 Å². The van der Waals surface area contributed by atoms with E-state index >= 15 is 0 Å². The molecule has 0 heterocycles. The van der Waals surface area contributed by atoms with E-state index < -0.39 is 0 Å². The first-order valence-electron chi connectivity index (χ1n) is 9.70. The van der Waals surface area contributed by atoms with Crippen LogP contribution in [0, 0.1) is 5.92 Å². The molecule has 0 saturated heterocycles. The maximum atomic E-state index is 12.0. The van der Waals surface area contributed by atoms with Crippen molar-refractivity contribution in [1.82, 2.24) is 10.6 Å². The standard InChI is InChI=1S/C22H38N2O2/c1-7-9-13-18(3)19(4)14-10-11-15-20(5)24-22(25)26-21(12-8-2)16-17-23-6/h7,9-11,13-15,19-21,23H,8,12,16-17H2,1-6H3,(H,24,25)/b9-7-,14-10-,15-11-,18-13+. The van der Waals surface area contributed by atoms with Gasteiger partial charge >= 0.3 is 6.09 Å². The van der Waals surface area contributed by atoms with E-state index in [9.17, 15) is 4.79 Å². The SMILES string of the molecule is C/C=C\C=C(/C)C(C)/C=C\C=C/C(C)NC(=O)OC(CCC)CCNC. The van der Waals surface area contributed by atoms with Crippen molar-refractivity contribution in [3.05, 3.63) is 48.1 Å². The van der Waals surface area contributed by atoms with Crippen LogP contribution in [0.4, 0.5) is 4.79 Å². The molecule has 26 heavy (non-hydrogen) atoms. The van der Waals surface area contributed by atoms with Gasteiger partial charge in [0.1, 0.15) is 6.10 Å². The summed E-state index contributed by atoms with van der Waals surface area (Å²) in [6, 6.07) is -0.0753. The monoisotopic (exact) mass is 362 g/mol. The molecule has 4 nitrogen and oxygen atoms in total. The zero-order valence-electron chi connectivity index (χ0n) is 17.4. The number of allylic oxidation sites excluding steroid dienone is 7. The minimum absolute atomic E-state index is 0.0312. The van der Waals surface area contributed by atoms with Crippen molar-refractivity contribution in [2.45, 2.75) is 66.0 Å². The third kappa shape index (κ3) is 12.5. The van der Waals surface area contributed by atoms with Gasteiger partial charge in [-0.3, -0.25) is 0 Å². The van der Waals surface area contributed by atoms with Gasteiger partial charge in [0, 0.05) is 6.04 Å². The molecule has 0 saturated carbocycles. The molecule has 0 aromatic rings. The Morgan fingerprint density at radius 2 is 1.81 bits per heavy atom. The van der Waals surface area contributed by atoms with Gasteiger partial charge < -0.3 is 15.4 Å². The lowest BCUT2D eigenvalue weighted by molar-refractivity contribution is 0.0863. The van der Waals surface area contributed by atoms with Crippen LogP contribution in [-0.2, 0) is 4.74 Å². The largest absolute Gasteiger partial charge is 0.446 e. The number of hydrogen-bond donors (Lipinski definition) is 2. The van der Waals surface area contributed by atoms with Gasteiger partial charge in [-0.25, -0.2) is 4.79 Å². The molecule has 2 N–H and O–H groups in total. The lowest BCUT2D eigenvalue weighted by atomic mass is 10.0. The lowest BCUT2D eigenvalue weighted by Gasteiger charge is -2.18. The van der Waals surface area contributed by atoms with Crippen LogP contribution in [-0.4, -0.2) is 31.8 Å². The molecule has 1 amide bonds. The van der Waals surface area contributed by atoms with Crippen molar-refractivity contribution in [1.29, 1.82) is 0 Å². The molecule has 3 unspecified atom stereocenters. The number of rotatable bonds is 12. The Balaban J connectivity index is 4.37. The number of carbonyl (C=O) groups excluding carboxylic acids is 1. The molecule has 0 aliphatic rings. The van der Waals surface area contributed by atoms with Gasteiger partial charge in [-0.15, -0.1) is 0 Å². The van der Waals surface area contributed by atoms with E-state index in [1.807, 2.05) is 45.2 Å². The molecular formula is C22H38N2O2. The van der Waals surface area contributed by atoms with Gasteiger partial charge in [0.2, 0.25) is 0 Å². The Labute approximate surface area is 160 Å². The van der Waals surface area contributed by atoms with Gasteiger partial charge in [0.15, 0.2) is 0 Å². The molecule has 0 aliphatic carbocycles. The molecule has 0 aromatic carbocycles. The molecule has 0 rings (SSSR count). The van der Waals surface area contributed by atoms with Crippen molar-refractivity contribution in [2.24, 2.45) is 5.92 Å². The molecule has 0 aromatic heterocycles. The minimum Gasteiger partial charge on any atom is -0.446 e. The normalized spacial score (nSPS) is 16.3. The number of alkyl carbamates (subject to hydrolysis) is 1. The van der Waals surface area contributed by atoms with Crippen LogP contribution in [0.25, 0.3) is 0 Å². The second-order valence-electron chi connectivity index (χ2n) is 6.64. The first-order valence-corrected chi connectivity index (χ1v) is 9.70. The number of nitrogens with one attached hydrogen (secondary N) is 2. The third-order valence-corrected chi connectivity index (χ3v) is 4.13. The van der Waals surface area contributed by atoms with E-state index in [-0.39, 0.29) is 18.2 Å². The van der Waals surface area contributed by atoms with E-state index in [0.29, 0.717) is 5.92 Å². The first kappa shape index (κ1) is 24.2. The molecule has 0 aliphatic heterocycles. The van der Waals surface area contributed by atoms with Crippen molar-refractivity contribution in [2.75, 3.05) is 13.6 Å². The average Bonchev–Trinajstić information content (AvgIpc) is 2.61. The molecule has 3 atom stereocenters. The molecule has 0 fully saturated rings. The summed E-state index contributed by atoms with van der Waals surface area (Å²) in [4.78, 5) is 12.0. The summed E-state index contributed by atoms with van der Waals surface area (Å²) in [5, 5.41) is 5.96. The number of hydrogen-bond acceptors (Lipinski definition) is 3. The fraction of sp³-hybridized carbons (Fsp3) is 0.591. The highest BCUT2D eigenvalue weighted by Gasteiger charge is 2.14. The minimum atomic E-state index is -0.348. The Hall–Kier alpha value is -1.81. The van der Waals surface area contributed by atoms with Crippen LogP contribution in [0.3, 0.4) is 0 Å². The molecule has 148 valence electrons. The summed E-state index contributed by atoms with van der Waals surface area (Å²) in [6.07, 6.45) is 16.6. The summed E-state index contributed by atoms with van der Waals surface area (Å²) < 4.78 is 5.52. The smallest absolute Gasteiger partial charge is 0.407 e. The van der Waals surface area contributed by atoms with Gasteiger partial charge in [0.25, 0.3) is 0 Å². The van der Waals surface area contributed by atoms with E-state index in [1.165, 1.54) is 5.57 Å². The van der Waals surface area contributed by atoms with E-state index in [0.717, 1.165) is 25.8 Å². The van der Waals surface area contributed by atoms with Crippen molar-refractivity contribution < 1.29 is 9.53 Å².